The third kappa shape index (κ3) is 3.65. The van der Waals surface area contributed by atoms with Crippen LogP contribution < -0.4 is 5.32 Å². The maximum absolute atomic E-state index is 10.2. The zero-order chi connectivity index (χ0) is 13.7. The molecule has 0 atom stereocenters. The first kappa shape index (κ1) is 12.8. The van der Waals surface area contributed by atoms with Gasteiger partial charge in [-0.15, -0.1) is 0 Å². The molecule has 0 heterocycles. The first-order valence-corrected chi connectivity index (χ1v) is 5.83. The van der Waals surface area contributed by atoms with Crippen molar-refractivity contribution in [3.05, 3.63) is 42.0 Å². The van der Waals surface area contributed by atoms with Crippen LogP contribution in [0.25, 0.3) is 10.8 Å². The summed E-state index contributed by atoms with van der Waals surface area (Å²) in [6.07, 6.45) is -0.563. The number of nitrogens with one attached hydrogen (secondary N) is 1. The highest BCUT2D eigenvalue weighted by molar-refractivity contribution is 5.85. The Bertz CT molecular complexity index is 668. The molecule has 0 aromatic heterocycles. The van der Waals surface area contributed by atoms with Crippen LogP contribution in [0, 0.1) is 11.8 Å². The second-order valence-electron chi connectivity index (χ2n) is 4.03. The van der Waals surface area contributed by atoms with Crippen molar-refractivity contribution in [1.29, 1.82) is 0 Å². The number of aromatic hydroxyl groups is 1. The Balaban J connectivity index is 2.07. The fourth-order valence-electron chi connectivity index (χ4n) is 1.71. The van der Waals surface area contributed by atoms with Crippen molar-refractivity contribution in [2.45, 2.75) is 6.42 Å². The van der Waals surface area contributed by atoms with Crippen molar-refractivity contribution in [3.63, 3.8) is 0 Å². The number of carboxylic acid groups (broad SMARTS) is 1. The molecule has 96 valence electrons. The van der Waals surface area contributed by atoms with Crippen molar-refractivity contribution in [2.75, 3.05) is 6.54 Å². The summed E-state index contributed by atoms with van der Waals surface area (Å²) >= 11 is 0. The lowest BCUT2D eigenvalue weighted by molar-refractivity contribution is 0.195. The minimum absolute atomic E-state index is 0.242. The summed E-state index contributed by atoms with van der Waals surface area (Å²) in [6.45, 7) is 0.323. The summed E-state index contributed by atoms with van der Waals surface area (Å²) in [5.41, 5.74) is 0.869. The average Bonchev–Trinajstić information content (AvgIpc) is 2.38. The predicted molar refractivity (Wildman–Crippen MR) is 73.1 cm³/mol. The van der Waals surface area contributed by atoms with Crippen LogP contribution in [0.2, 0.25) is 0 Å². The number of carbonyl (C=O) groups is 1. The molecule has 0 aliphatic carbocycles. The van der Waals surface area contributed by atoms with Gasteiger partial charge in [-0.2, -0.15) is 0 Å². The van der Waals surface area contributed by atoms with E-state index in [0.29, 0.717) is 13.0 Å². The molecule has 0 bridgehead atoms. The largest absolute Gasteiger partial charge is 0.508 e. The van der Waals surface area contributed by atoms with E-state index in [1.165, 1.54) is 0 Å². The molecule has 0 saturated carbocycles. The number of benzene rings is 2. The summed E-state index contributed by atoms with van der Waals surface area (Å²) < 4.78 is 0. The van der Waals surface area contributed by atoms with Gasteiger partial charge in [-0.1, -0.05) is 24.0 Å². The lowest BCUT2D eigenvalue weighted by atomic mass is 10.1. The van der Waals surface area contributed by atoms with Crippen LogP contribution >= 0.6 is 0 Å². The van der Waals surface area contributed by atoms with Crippen LogP contribution in [-0.4, -0.2) is 22.9 Å². The van der Waals surface area contributed by atoms with Gasteiger partial charge in [-0.3, -0.25) is 0 Å². The number of phenols is 1. The highest BCUT2D eigenvalue weighted by Gasteiger charge is 1.96. The third-order valence-corrected chi connectivity index (χ3v) is 2.58. The van der Waals surface area contributed by atoms with Gasteiger partial charge in [0.05, 0.1) is 0 Å². The van der Waals surface area contributed by atoms with E-state index in [2.05, 4.69) is 17.2 Å². The zero-order valence-electron chi connectivity index (χ0n) is 10.2. The number of hydrogen-bond acceptors (Lipinski definition) is 2. The van der Waals surface area contributed by atoms with Gasteiger partial charge < -0.3 is 15.5 Å². The van der Waals surface area contributed by atoms with Gasteiger partial charge in [-0.05, 0) is 35.0 Å². The fraction of sp³-hybridized carbons (Fsp3) is 0.133. The van der Waals surface area contributed by atoms with Crippen LogP contribution in [0.1, 0.15) is 12.0 Å². The predicted octanol–water partition coefficient (Wildman–Crippen LogP) is 2.55. The molecule has 4 nitrogen and oxygen atoms in total. The number of fused-ring (bicyclic) bond motifs is 1. The molecule has 2 aromatic carbocycles. The molecule has 2 rings (SSSR count). The third-order valence-electron chi connectivity index (χ3n) is 2.58. The first-order valence-electron chi connectivity index (χ1n) is 5.83. The highest BCUT2D eigenvalue weighted by atomic mass is 16.4. The molecule has 0 aliphatic rings. The van der Waals surface area contributed by atoms with Gasteiger partial charge in [0.1, 0.15) is 5.75 Å². The summed E-state index contributed by atoms with van der Waals surface area (Å²) in [7, 11) is 0. The van der Waals surface area contributed by atoms with Crippen molar-refractivity contribution in [3.8, 4) is 17.6 Å². The Morgan fingerprint density at radius 1 is 1.16 bits per heavy atom. The van der Waals surface area contributed by atoms with Crippen molar-refractivity contribution in [2.24, 2.45) is 0 Å². The second kappa shape index (κ2) is 5.78. The quantitative estimate of drug-likeness (QED) is 0.570. The first-order chi connectivity index (χ1) is 9.15. The molecule has 0 radical (unpaired) electrons. The maximum Gasteiger partial charge on any atom is 0.404 e. The summed E-state index contributed by atoms with van der Waals surface area (Å²) in [5, 5.41) is 22.0. The normalized spacial score (nSPS) is 9.68. The molecule has 0 fully saturated rings. The number of hydrogen-bond donors (Lipinski definition) is 3. The smallest absolute Gasteiger partial charge is 0.404 e. The SMILES string of the molecule is O=C(O)NCCC#Cc1ccc2cc(O)ccc2c1. The van der Waals surface area contributed by atoms with Crippen LogP contribution in [-0.2, 0) is 0 Å². The van der Waals surface area contributed by atoms with Crippen molar-refractivity contribution in [1.82, 2.24) is 5.32 Å². The minimum Gasteiger partial charge on any atom is -0.508 e. The molecule has 0 spiro atoms. The molecule has 0 saturated heterocycles. The molecule has 19 heavy (non-hydrogen) atoms. The van der Waals surface area contributed by atoms with E-state index in [9.17, 15) is 9.90 Å². The van der Waals surface area contributed by atoms with Gasteiger partial charge in [0.25, 0.3) is 0 Å². The molecule has 3 N–H and O–H groups in total. The summed E-state index contributed by atoms with van der Waals surface area (Å²) in [6, 6.07) is 10.9. The Labute approximate surface area is 110 Å². The van der Waals surface area contributed by atoms with Crippen LogP contribution in [0.3, 0.4) is 0 Å². The monoisotopic (exact) mass is 255 g/mol. The van der Waals surface area contributed by atoms with Crippen LogP contribution in [0.15, 0.2) is 36.4 Å². The summed E-state index contributed by atoms with van der Waals surface area (Å²) in [4.78, 5) is 10.2. The Morgan fingerprint density at radius 3 is 2.68 bits per heavy atom. The summed E-state index contributed by atoms with van der Waals surface area (Å²) in [5.74, 6) is 6.13. The van der Waals surface area contributed by atoms with Crippen LogP contribution in [0.5, 0.6) is 5.75 Å². The number of phenolic OH excluding ortho intramolecular Hbond substituents is 1. The van der Waals surface area contributed by atoms with E-state index in [0.717, 1.165) is 16.3 Å². The van der Waals surface area contributed by atoms with Gasteiger partial charge in [0.2, 0.25) is 0 Å². The standard InChI is InChI=1S/C15H13NO3/c17-14-7-6-12-9-11(4-5-13(12)10-14)3-1-2-8-16-15(18)19/h4-7,9-10,16-17H,2,8H2,(H,18,19). The van der Waals surface area contributed by atoms with E-state index in [-0.39, 0.29) is 5.75 Å². The highest BCUT2D eigenvalue weighted by Crippen LogP contribution is 2.20. The Hall–Kier alpha value is -2.67. The van der Waals surface area contributed by atoms with E-state index in [1.807, 2.05) is 24.3 Å². The van der Waals surface area contributed by atoms with E-state index in [4.69, 9.17) is 5.11 Å². The lowest BCUT2D eigenvalue weighted by Gasteiger charge is -1.99. The van der Waals surface area contributed by atoms with E-state index < -0.39 is 6.09 Å². The Kier molecular flexibility index (Phi) is 3.89. The van der Waals surface area contributed by atoms with Crippen LogP contribution in [0.4, 0.5) is 4.79 Å². The fourth-order valence-corrected chi connectivity index (χ4v) is 1.71. The maximum atomic E-state index is 10.2. The van der Waals surface area contributed by atoms with Crippen molar-refractivity contribution >= 4 is 16.9 Å². The molecule has 2 aromatic rings. The number of rotatable bonds is 2. The van der Waals surface area contributed by atoms with Gasteiger partial charge in [0.15, 0.2) is 0 Å². The molecular weight excluding hydrogens is 242 g/mol. The second-order valence-corrected chi connectivity index (χ2v) is 4.03. The molecule has 4 heteroatoms. The minimum atomic E-state index is -1.03. The molecular formula is C15H13NO3. The zero-order valence-corrected chi connectivity index (χ0v) is 10.2. The average molecular weight is 255 g/mol. The van der Waals surface area contributed by atoms with Gasteiger partial charge in [-0.25, -0.2) is 4.79 Å². The van der Waals surface area contributed by atoms with E-state index >= 15 is 0 Å². The number of amides is 1. The van der Waals surface area contributed by atoms with Crippen molar-refractivity contribution < 1.29 is 15.0 Å². The molecule has 0 aliphatic heterocycles. The lowest BCUT2D eigenvalue weighted by Crippen LogP contribution is -2.21. The Morgan fingerprint density at radius 2 is 1.89 bits per heavy atom. The van der Waals surface area contributed by atoms with Gasteiger partial charge in [0, 0.05) is 18.5 Å². The molecule has 0 unspecified atom stereocenters. The molecule has 1 amide bonds. The van der Waals surface area contributed by atoms with E-state index in [1.54, 1.807) is 12.1 Å². The van der Waals surface area contributed by atoms with Gasteiger partial charge >= 0.3 is 6.09 Å². The topological polar surface area (TPSA) is 69.6 Å².